The molecule has 1 saturated heterocycles. The molecule has 1 aliphatic rings. The first-order valence-electron chi connectivity index (χ1n) is 6.17. The summed E-state index contributed by atoms with van der Waals surface area (Å²) in [6, 6.07) is 0. The van der Waals surface area contributed by atoms with Gasteiger partial charge in [-0.25, -0.2) is 0 Å². The minimum Gasteiger partial charge on any atom is -0.381 e. The van der Waals surface area contributed by atoms with Crippen LogP contribution < -0.4 is 5.73 Å². The average Bonchev–Trinajstić information content (AvgIpc) is 2.79. The molecule has 5 nitrogen and oxygen atoms in total. The van der Waals surface area contributed by atoms with Crippen molar-refractivity contribution in [3.05, 3.63) is 5.82 Å². The zero-order valence-corrected chi connectivity index (χ0v) is 11.1. The highest BCUT2D eigenvalue weighted by Gasteiger charge is 2.16. The molecule has 1 aromatic heterocycles. The van der Waals surface area contributed by atoms with Crippen molar-refractivity contribution < 1.29 is 4.74 Å². The zero-order valence-electron chi connectivity index (χ0n) is 10.3. The van der Waals surface area contributed by atoms with Crippen LogP contribution in [0.15, 0.2) is 5.16 Å². The fraction of sp³-hybridized carbons (Fsp3) is 0.818. The number of thioether (sulfide) groups is 1. The van der Waals surface area contributed by atoms with Crippen LogP contribution in [0.4, 0.5) is 0 Å². The second-order valence-corrected chi connectivity index (χ2v) is 5.20. The molecular formula is C11H20N4OS. The van der Waals surface area contributed by atoms with E-state index in [4.69, 9.17) is 10.5 Å². The third-order valence-corrected chi connectivity index (χ3v) is 4.28. The molecule has 0 aliphatic carbocycles. The van der Waals surface area contributed by atoms with Gasteiger partial charge in [-0.2, -0.15) is 0 Å². The lowest BCUT2D eigenvalue weighted by atomic mass is 10.0. The number of rotatable bonds is 5. The first kappa shape index (κ1) is 12.9. The minimum atomic E-state index is 0.457. The molecule has 2 heterocycles. The highest BCUT2D eigenvalue weighted by atomic mass is 32.2. The largest absolute Gasteiger partial charge is 0.381 e. The summed E-state index contributed by atoms with van der Waals surface area (Å²) in [7, 11) is 0. The average molecular weight is 256 g/mol. The zero-order chi connectivity index (χ0) is 12.1. The van der Waals surface area contributed by atoms with E-state index < -0.39 is 0 Å². The van der Waals surface area contributed by atoms with Crippen molar-refractivity contribution in [3.63, 3.8) is 0 Å². The molecule has 2 N–H and O–H groups in total. The van der Waals surface area contributed by atoms with E-state index in [0.717, 1.165) is 55.3 Å². The van der Waals surface area contributed by atoms with Crippen LogP contribution in [-0.4, -0.2) is 33.7 Å². The molecular weight excluding hydrogens is 236 g/mol. The standard InChI is InChI=1S/C11H20N4OS/c1-2-15-10(7-12)13-14-11(15)17-8-9-3-5-16-6-4-9/h9H,2-8,12H2,1H3. The Kier molecular flexibility index (Phi) is 4.82. The van der Waals surface area contributed by atoms with Gasteiger partial charge in [-0.1, -0.05) is 11.8 Å². The maximum atomic E-state index is 5.63. The lowest BCUT2D eigenvalue weighted by Crippen LogP contribution is -2.17. The Morgan fingerprint density at radius 2 is 2.18 bits per heavy atom. The molecule has 6 heteroatoms. The smallest absolute Gasteiger partial charge is 0.191 e. The molecule has 0 atom stereocenters. The van der Waals surface area contributed by atoms with Gasteiger partial charge < -0.3 is 15.0 Å². The quantitative estimate of drug-likeness (QED) is 0.804. The van der Waals surface area contributed by atoms with Crippen molar-refractivity contribution in [3.8, 4) is 0 Å². The minimum absolute atomic E-state index is 0.457. The fourth-order valence-electron chi connectivity index (χ4n) is 2.00. The van der Waals surface area contributed by atoms with Crippen molar-refractivity contribution in [2.75, 3.05) is 19.0 Å². The van der Waals surface area contributed by atoms with E-state index >= 15 is 0 Å². The summed E-state index contributed by atoms with van der Waals surface area (Å²) < 4.78 is 7.46. The molecule has 0 bridgehead atoms. The Morgan fingerprint density at radius 1 is 1.41 bits per heavy atom. The number of nitrogens with two attached hydrogens (primary N) is 1. The molecule has 17 heavy (non-hydrogen) atoms. The van der Waals surface area contributed by atoms with E-state index in [1.54, 1.807) is 11.8 Å². The normalized spacial score (nSPS) is 17.5. The SMILES string of the molecule is CCn1c(CN)nnc1SCC1CCOCC1. The van der Waals surface area contributed by atoms with Gasteiger partial charge >= 0.3 is 0 Å². The van der Waals surface area contributed by atoms with Gasteiger partial charge in [-0.3, -0.25) is 0 Å². The molecule has 0 radical (unpaired) electrons. The van der Waals surface area contributed by atoms with Gasteiger partial charge in [-0.15, -0.1) is 10.2 Å². The van der Waals surface area contributed by atoms with Crippen molar-refractivity contribution >= 4 is 11.8 Å². The Bertz CT molecular complexity index is 349. The fourth-order valence-corrected chi connectivity index (χ4v) is 3.21. The summed E-state index contributed by atoms with van der Waals surface area (Å²) in [5.41, 5.74) is 5.63. The second-order valence-electron chi connectivity index (χ2n) is 4.21. The molecule has 96 valence electrons. The van der Waals surface area contributed by atoms with Crippen molar-refractivity contribution in [1.29, 1.82) is 0 Å². The monoisotopic (exact) mass is 256 g/mol. The van der Waals surface area contributed by atoms with E-state index in [-0.39, 0.29) is 0 Å². The highest BCUT2D eigenvalue weighted by molar-refractivity contribution is 7.99. The van der Waals surface area contributed by atoms with Crippen LogP contribution in [0.1, 0.15) is 25.6 Å². The van der Waals surface area contributed by atoms with Crippen molar-refractivity contribution in [1.82, 2.24) is 14.8 Å². The van der Waals surface area contributed by atoms with Crippen molar-refractivity contribution in [2.24, 2.45) is 11.7 Å². The molecule has 0 saturated carbocycles. The molecule has 0 amide bonds. The van der Waals surface area contributed by atoms with E-state index in [1.807, 2.05) is 0 Å². The van der Waals surface area contributed by atoms with Crippen LogP contribution in [0, 0.1) is 5.92 Å². The summed E-state index contributed by atoms with van der Waals surface area (Å²) in [4.78, 5) is 0. The summed E-state index contributed by atoms with van der Waals surface area (Å²) in [5, 5.41) is 9.32. The van der Waals surface area contributed by atoms with Crippen molar-refractivity contribution in [2.45, 2.75) is 38.0 Å². The van der Waals surface area contributed by atoms with Gasteiger partial charge in [0.05, 0.1) is 6.54 Å². The number of hydrogen-bond donors (Lipinski definition) is 1. The predicted molar refractivity (Wildman–Crippen MR) is 67.9 cm³/mol. The van der Waals surface area contributed by atoms with Gasteiger partial charge in [0.2, 0.25) is 0 Å². The lowest BCUT2D eigenvalue weighted by Gasteiger charge is -2.21. The molecule has 0 unspecified atom stereocenters. The first-order chi connectivity index (χ1) is 8.35. The molecule has 1 aromatic rings. The van der Waals surface area contributed by atoms with E-state index in [1.165, 1.54) is 0 Å². The topological polar surface area (TPSA) is 66.0 Å². The van der Waals surface area contributed by atoms with E-state index in [9.17, 15) is 0 Å². The molecule has 1 aliphatic heterocycles. The molecule has 2 rings (SSSR count). The Hall–Kier alpha value is -0.590. The maximum Gasteiger partial charge on any atom is 0.191 e. The third-order valence-electron chi connectivity index (χ3n) is 3.08. The molecule has 0 aromatic carbocycles. The van der Waals surface area contributed by atoms with Gasteiger partial charge in [0.15, 0.2) is 5.16 Å². The summed E-state index contributed by atoms with van der Waals surface area (Å²) >= 11 is 1.79. The molecule has 1 fully saturated rings. The first-order valence-corrected chi connectivity index (χ1v) is 7.16. The Labute approximate surface area is 106 Å². The number of hydrogen-bond acceptors (Lipinski definition) is 5. The third kappa shape index (κ3) is 3.20. The Balaban J connectivity index is 1.91. The van der Waals surface area contributed by atoms with Crippen LogP contribution >= 0.6 is 11.8 Å². The second kappa shape index (κ2) is 6.37. The van der Waals surface area contributed by atoms with E-state index in [0.29, 0.717) is 6.54 Å². The highest BCUT2D eigenvalue weighted by Crippen LogP contribution is 2.25. The van der Waals surface area contributed by atoms with Gasteiger partial charge in [0.1, 0.15) is 5.82 Å². The number of aromatic nitrogens is 3. The van der Waals surface area contributed by atoms with Crippen LogP contribution in [-0.2, 0) is 17.8 Å². The summed E-state index contributed by atoms with van der Waals surface area (Å²) in [5.74, 6) is 2.73. The number of ether oxygens (including phenoxy) is 1. The lowest BCUT2D eigenvalue weighted by molar-refractivity contribution is 0.0727. The van der Waals surface area contributed by atoms with Gasteiger partial charge in [-0.05, 0) is 25.7 Å². The summed E-state index contributed by atoms with van der Waals surface area (Å²) in [6.45, 7) is 5.24. The predicted octanol–water partition coefficient (Wildman–Crippen LogP) is 1.28. The number of nitrogens with zero attached hydrogens (tertiary/aromatic N) is 3. The van der Waals surface area contributed by atoms with Gasteiger partial charge in [0, 0.05) is 25.5 Å². The van der Waals surface area contributed by atoms with E-state index in [2.05, 4.69) is 21.7 Å². The van der Waals surface area contributed by atoms with Crippen LogP contribution in [0.2, 0.25) is 0 Å². The maximum absolute atomic E-state index is 5.63. The molecule has 0 spiro atoms. The van der Waals surface area contributed by atoms with Crippen LogP contribution in [0.25, 0.3) is 0 Å². The Morgan fingerprint density at radius 3 is 2.82 bits per heavy atom. The van der Waals surface area contributed by atoms with Crippen LogP contribution in [0.5, 0.6) is 0 Å². The van der Waals surface area contributed by atoms with Crippen LogP contribution in [0.3, 0.4) is 0 Å². The van der Waals surface area contributed by atoms with Gasteiger partial charge in [0.25, 0.3) is 0 Å². The summed E-state index contributed by atoms with van der Waals surface area (Å²) in [6.07, 6.45) is 2.33.